The summed E-state index contributed by atoms with van der Waals surface area (Å²) >= 11 is 0.876. The van der Waals surface area contributed by atoms with E-state index >= 15 is 0 Å². The molecule has 0 atom stereocenters. The molecule has 0 saturated heterocycles. The van der Waals surface area contributed by atoms with Crippen LogP contribution >= 0.6 is 11.3 Å². The molecule has 0 aliphatic heterocycles. The molecule has 0 amide bonds. The van der Waals surface area contributed by atoms with Crippen molar-refractivity contribution in [1.29, 1.82) is 0 Å². The number of nitrogens with two attached hydrogens (primary N) is 1. The van der Waals surface area contributed by atoms with Crippen LogP contribution < -0.4 is 10.5 Å². The zero-order valence-corrected chi connectivity index (χ0v) is 16.6. The third-order valence-electron chi connectivity index (χ3n) is 3.75. The fourth-order valence-electron chi connectivity index (χ4n) is 2.45. The first-order chi connectivity index (χ1) is 13.4. The van der Waals surface area contributed by atoms with Crippen LogP contribution in [-0.2, 0) is 32.0 Å². The van der Waals surface area contributed by atoms with Crippen molar-refractivity contribution >= 4 is 34.2 Å². The summed E-state index contributed by atoms with van der Waals surface area (Å²) in [6.45, 7) is 2.13. The minimum Gasteiger partial charge on any atom is -0.494 e. The van der Waals surface area contributed by atoms with Gasteiger partial charge in [-0.05, 0) is 24.6 Å². The van der Waals surface area contributed by atoms with Gasteiger partial charge in [-0.2, -0.15) is 0 Å². The summed E-state index contributed by atoms with van der Waals surface area (Å²) in [6, 6.07) is 7.04. The van der Waals surface area contributed by atoms with Crippen molar-refractivity contribution in [1.82, 2.24) is 0 Å². The van der Waals surface area contributed by atoms with Crippen molar-refractivity contribution in [3.8, 4) is 5.75 Å². The van der Waals surface area contributed by atoms with Gasteiger partial charge < -0.3 is 24.7 Å². The summed E-state index contributed by atoms with van der Waals surface area (Å²) in [5, 5.41) is 0.0878. The predicted molar refractivity (Wildman–Crippen MR) is 103 cm³/mol. The Morgan fingerprint density at radius 2 is 1.68 bits per heavy atom. The molecule has 2 N–H and O–H groups in total. The zero-order chi connectivity index (χ0) is 20.7. The van der Waals surface area contributed by atoms with Gasteiger partial charge in [0.15, 0.2) is 0 Å². The maximum Gasteiger partial charge on any atom is 0.348 e. The molecule has 0 saturated carbocycles. The lowest BCUT2D eigenvalue weighted by Crippen LogP contribution is -2.13. The third kappa shape index (κ3) is 5.01. The Bertz CT molecular complexity index is 858. The van der Waals surface area contributed by atoms with Gasteiger partial charge in [-0.15, -0.1) is 11.3 Å². The summed E-state index contributed by atoms with van der Waals surface area (Å²) < 4.78 is 20.0. The van der Waals surface area contributed by atoms with Gasteiger partial charge in [-0.1, -0.05) is 12.1 Å². The van der Waals surface area contributed by atoms with Crippen LogP contribution in [0.3, 0.4) is 0 Å². The number of methoxy groups -OCH3 is 2. The standard InChI is InChI=1S/C19H21NO7S/c1-4-26-12-7-5-11(6-8-12)9-14(21)27-10-13-15(18(22)24-2)17(20)28-16(13)19(23)25-3/h5-8H,4,9-10,20H2,1-3H3. The Morgan fingerprint density at radius 1 is 1.04 bits per heavy atom. The molecule has 28 heavy (non-hydrogen) atoms. The fraction of sp³-hybridized carbons (Fsp3) is 0.316. The van der Waals surface area contributed by atoms with Gasteiger partial charge in [0.2, 0.25) is 0 Å². The van der Waals surface area contributed by atoms with Crippen molar-refractivity contribution in [3.05, 3.63) is 45.8 Å². The van der Waals surface area contributed by atoms with Crippen molar-refractivity contribution in [2.75, 3.05) is 26.6 Å². The molecule has 150 valence electrons. The van der Waals surface area contributed by atoms with Crippen molar-refractivity contribution in [2.24, 2.45) is 0 Å². The Labute approximate surface area is 166 Å². The van der Waals surface area contributed by atoms with Crippen LogP contribution in [0, 0.1) is 0 Å². The monoisotopic (exact) mass is 407 g/mol. The molecular weight excluding hydrogens is 386 g/mol. The molecule has 1 aromatic heterocycles. The lowest BCUT2D eigenvalue weighted by Gasteiger charge is -2.08. The minimum absolute atomic E-state index is 0.00164. The van der Waals surface area contributed by atoms with E-state index in [1.165, 1.54) is 14.2 Å². The molecule has 2 aromatic rings. The summed E-state index contributed by atoms with van der Waals surface area (Å²) in [4.78, 5) is 36.2. The highest BCUT2D eigenvalue weighted by molar-refractivity contribution is 7.18. The molecule has 0 aliphatic carbocycles. The van der Waals surface area contributed by atoms with Gasteiger partial charge in [-0.25, -0.2) is 9.59 Å². The van der Waals surface area contributed by atoms with Crippen LogP contribution in [0.1, 0.15) is 38.1 Å². The minimum atomic E-state index is -0.721. The summed E-state index contributed by atoms with van der Waals surface area (Å²) in [6.07, 6.45) is 0.0210. The van der Waals surface area contributed by atoms with Crippen molar-refractivity contribution in [3.63, 3.8) is 0 Å². The Morgan fingerprint density at radius 3 is 2.25 bits per heavy atom. The first-order valence-corrected chi connectivity index (χ1v) is 9.18. The maximum atomic E-state index is 12.2. The van der Waals surface area contributed by atoms with Crippen LogP contribution in [-0.4, -0.2) is 38.7 Å². The lowest BCUT2D eigenvalue weighted by atomic mass is 10.1. The number of carbonyl (C=O) groups excluding carboxylic acids is 3. The lowest BCUT2D eigenvalue weighted by molar-refractivity contribution is -0.144. The molecule has 1 aromatic carbocycles. The molecule has 8 nitrogen and oxygen atoms in total. The highest BCUT2D eigenvalue weighted by Gasteiger charge is 2.28. The largest absolute Gasteiger partial charge is 0.494 e. The van der Waals surface area contributed by atoms with E-state index in [9.17, 15) is 14.4 Å². The summed E-state index contributed by atoms with van der Waals surface area (Å²) in [5.41, 5.74) is 6.74. The Kier molecular flexibility index (Phi) is 7.39. The number of carbonyl (C=O) groups is 3. The number of nitrogen functional groups attached to an aromatic ring is 1. The van der Waals surface area contributed by atoms with Gasteiger partial charge in [0.25, 0.3) is 0 Å². The molecule has 0 aliphatic rings. The van der Waals surface area contributed by atoms with Gasteiger partial charge in [0.05, 0.1) is 27.2 Å². The van der Waals surface area contributed by atoms with Gasteiger partial charge in [-0.3, -0.25) is 4.79 Å². The van der Waals surface area contributed by atoms with E-state index in [4.69, 9.17) is 24.7 Å². The number of esters is 3. The summed E-state index contributed by atoms with van der Waals surface area (Å²) in [7, 11) is 2.40. The smallest absolute Gasteiger partial charge is 0.348 e. The average molecular weight is 407 g/mol. The fourth-order valence-corrected chi connectivity index (χ4v) is 3.43. The zero-order valence-electron chi connectivity index (χ0n) is 15.8. The van der Waals surface area contributed by atoms with Gasteiger partial charge in [0.1, 0.15) is 27.8 Å². The number of rotatable bonds is 8. The predicted octanol–water partition coefficient (Wildman–Crippen LogP) is 2.59. The highest BCUT2D eigenvalue weighted by atomic mass is 32.1. The van der Waals surface area contributed by atoms with Crippen LogP contribution in [0.15, 0.2) is 24.3 Å². The number of thiophene rings is 1. The maximum absolute atomic E-state index is 12.2. The SMILES string of the molecule is CCOc1ccc(CC(=O)OCc2c(C(=O)OC)sc(N)c2C(=O)OC)cc1. The van der Waals surface area contributed by atoms with Gasteiger partial charge >= 0.3 is 17.9 Å². The second-order valence-electron chi connectivity index (χ2n) is 5.55. The van der Waals surface area contributed by atoms with E-state index < -0.39 is 17.9 Å². The van der Waals surface area contributed by atoms with E-state index in [2.05, 4.69) is 0 Å². The average Bonchev–Trinajstić information content (AvgIpc) is 3.03. The molecular formula is C19H21NO7S. The van der Waals surface area contributed by atoms with Gasteiger partial charge in [0, 0.05) is 5.56 Å². The number of hydrogen-bond acceptors (Lipinski definition) is 9. The topological polar surface area (TPSA) is 114 Å². The third-order valence-corrected chi connectivity index (χ3v) is 4.80. The Hall–Kier alpha value is -3.07. The van der Waals surface area contributed by atoms with E-state index in [0.717, 1.165) is 16.9 Å². The molecule has 0 fully saturated rings. The van der Waals surface area contributed by atoms with Crippen LogP contribution in [0.2, 0.25) is 0 Å². The van der Waals surface area contributed by atoms with E-state index in [0.29, 0.717) is 12.4 Å². The van der Waals surface area contributed by atoms with E-state index in [1.807, 2.05) is 6.92 Å². The highest BCUT2D eigenvalue weighted by Crippen LogP contribution is 2.33. The van der Waals surface area contributed by atoms with Crippen LogP contribution in [0.5, 0.6) is 5.75 Å². The molecule has 0 unspecified atom stereocenters. The Balaban J connectivity index is 2.12. The quantitative estimate of drug-likeness (QED) is 0.525. The molecule has 1 heterocycles. The second kappa shape index (κ2) is 9.75. The van der Waals surface area contributed by atoms with Crippen LogP contribution in [0.25, 0.3) is 0 Å². The first-order valence-electron chi connectivity index (χ1n) is 8.36. The first kappa shape index (κ1) is 21.2. The van der Waals surface area contributed by atoms with E-state index in [1.54, 1.807) is 24.3 Å². The number of anilines is 1. The molecule has 0 spiro atoms. The molecule has 0 radical (unpaired) electrons. The van der Waals surface area contributed by atoms with Crippen LogP contribution in [0.4, 0.5) is 5.00 Å². The van der Waals surface area contributed by atoms with Crippen molar-refractivity contribution in [2.45, 2.75) is 20.0 Å². The number of hydrogen-bond donors (Lipinski definition) is 1. The number of ether oxygens (including phenoxy) is 4. The number of benzene rings is 1. The summed E-state index contributed by atoms with van der Waals surface area (Å²) in [5.74, 6) is -1.22. The second-order valence-corrected chi connectivity index (χ2v) is 6.60. The normalized spacial score (nSPS) is 10.2. The van der Waals surface area contributed by atoms with Crippen molar-refractivity contribution < 1.29 is 33.3 Å². The molecule has 9 heteroatoms. The molecule has 2 rings (SSSR count). The van der Waals surface area contributed by atoms with E-state index in [-0.39, 0.29) is 34.0 Å². The molecule has 0 bridgehead atoms.